The molecular formula is C17H14F2N4O4S2. The van der Waals surface area contributed by atoms with Gasteiger partial charge in [0.05, 0.1) is 4.90 Å². The van der Waals surface area contributed by atoms with Gasteiger partial charge >= 0.3 is 0 Å². The average molecular weight is 440 g/mol. The van der Waals surface area contributed by atoms with Gasteiger partial charge in [-0.15, -0.1) is 0 Å². The normalized spacial score (nSPS) is 11.8. The first-order valence-corrected chi connectivity index (χ1v) is 10.9. The molecule has 0 radical (unpaired) electrons. The number of halogens is 2. The lowest BCUT2D eigenvalue weighted by Crippen LogP contribution is -2.16. The van der Waals surface area contributed by atoms with Crippen LogP contribution in [0.15, 0.2) is 64.5 Å². The van der Waals surface area contributed by atoms with Gasteiger partial charge in [-0.05, 0) is 55.5 Å². The Balaban J connectivity index is 1.82. The second-order valence-corrected chi connectivity index (χ2v) is 9.13. The van der Waals surface area contributed by atoms with E-state index in [9.17, 15) is 25.6 Å². The van der Waals surface area contributed by atoms with Crippen molar-refractivity contribution in [2.45, 2.75) is 16.7 Å². The quantitative estimate of drug-likeness (QED) is 0.608. The molecule has 0 spiro atoms. The van der Waals surface area contributed by atoms with Crippen molar-refractivity contribution in [3.63, 3.8) is 0 Å². The van der Waals surface area contributed by atoms with E-state index in [1.807, 2.05) is 0 Å². The smallest absolute Gasteiger partial charge is 0.264 e. The summed E-state index contributed by atoms with van der Waals surface area (Å²) < 4.78 is 80.7. The summed E-state index contributed by atoms with van der Waals surface area (Å²) in [7, 11) is -8.40. The van der Waals surface area contributed by atoms with E-state index in [0.29, 0.717) is 18.0 Å². The van der Waals surface area contributed by atoms with Crippen LogP contribution in [0.25, 0.3) is 0 Å². The minimum atomic E-state index is -4.42. The Morgan fingerprint density at radius 1 is 0.862 bits per heavy atom. The first kappa shape index (κ1) is 20.6. The molecule has 0 aliphatic carbocycles. The number of hydrogen-bond donors (Lipinski definition) is 2. The summed E-state index contributed by atoms with van der Waals surface area (Å²) >= 11 is 0. The predicted molar refractivity (Wildman–Crippen MR) is 101 cm³/mol. The van der Waals surface area contributed by atoms with Crippen molar-refractivity contribution >= 4 is 31.6 Å². The van der Waals surface area contributed by atoms with Crippen LogP contribution < -0.4 is 9.44 Å². The fraction of sp³-hybridized carbons (Fsp3) is 0.0588. The summed E-state index contributed by atoms with van der Waals surface area (Å²) in [5.74, 6) is -1.59. The standard InChI is InChI=1S/C17H14F2N4O4S2/c1-11-20-9-8-17(21-11)23-28(24,25)14-5-3-13(4-6-14)22-29(26,27)16-10-12(18)2-7-15(16)19/h2-10,22H,1H3,(H,20,21,23). The molecule has 0 unspecified atom stereocenters. The Kier molecular flexibility index (Phi) is 5.48. The van der Waals surface area contributed by atoms with Crippen LogP contribution in [0, 0.1) is 18.6 Å². The molecule has 12 heteroatoms. The molecule has 3 rings (SSSR count). The lowest BCUT2D eigenvalue weighted by atomic mass is 10.3. The molecule has 1 heterocycles. The molecule has 8 nitrogen and oxygen atoms in total. The molecule has 0 amide bonds. The zero-order chi connectivity index (χ0) is 21.2. The molecule has 152 valence electrons. The van der Waals surface area contributed by atoms with Gasteiger partial charge in [-0.1, -0.05) is 0 Å². The SMILES string of the molecule is Cc1nccc(NS(=O)(=O)c2ccc(NS(=O)(=O)c3cc(F)ccc3F)cc2)n1. The van der Waals surface area contributed by atoms with Crippen molar-refractivity contribution in [2.24, 2.45) is 0 Å². The molecule has 2 N–H and O–H groups in total. The van der Waals surface area contributed by atoms with Crippen molar-refractivity contribution in [3.8, 4) is 0 Å². The third-order valence-corrected chi connectivity index (χ3v) is 6.38. The maximum absolute atomic E-state index is 13.7. The van der Waals surface area contributed by atoms with Crippen LogP contribution in [0.5, 0.6) is 0 Å². The van der Waals surface area contributed by atoms with Gasteiger partial charge in [0, 0.05) is 11.9 Å². The number of sulfonamides is 2. The fourth-order valence-corrected chi connectivity index (χ4v) is 4.46. The Morgan fingerprint density at radius 3 is 2.21 bits per heavy atom. The van der Waals surface area contributed by atoms with Crippen LogP contribution in [-0.2, 0) is 20.0 Å². The van der Waals surface area contributed by atoms with Crippen LogP contribution in [0.2, 0.25) is 0 Å². The minimum Gasteiger partial charge on any atom is -0.280 e. The van der Waals surface area contributed by atoms with Crippen molar-refractivity contribution in [2.75, 3.05) is 9.44 Å². The van der Waals surface area contributed by atoms with Crippen LogP contribution in [0.4, 0.5) is 20.3 Å². The molecule has 0 atom stereocenters. The third kappa shape index (κ3) is 4.84. The number of nitrogens with zero attached hydrogens (tertiary/aromatic N) is 2. The van der Waals surface area contributed by atoms with E-state index in [0.717, 1.165) is 18.2 Å². The van der Waals surface area contributed by atoms with E-state index in [1.54, 1.807) is 6.92 Å². The Labute approximate surface area is 165 Å². The minimum absolute atomic E-state index is 0.0366. The summed E-state index contributed by atoms with van der Waals surface area (Å²) in [6, 6.07) is 8.06. The zero-order valence-corrected chi connectivity index (χ0v) is 16.4. The van der Waals surface area contributed by atoms with Crippen molar-refractivity contribution in [3.05, 3.63) is 72.2 Å². The lowest BCUT2D eigenvalue weighted by molar-refractivity contribution is 0.555. The van der Waals surface area contributed by atoms with Crippen LogP contribution in [-0.4, -0.2) is 26.8 Å². The molecule has 0 bridgehead atoms. The van der Waals surface area contributed by atoms with Crippen molar-refractivity contribution < 1.29 is 25.6 Å². The largest absolute Gasteiger partial charge is 0.280 e. The molecule has 0 fully saturated rings. The lowest BCUT2D eigenvalue weighted by Gasteiger charge is -2.11. The third-order valence-electron chi connectivity index (χ3n) is 3.61. The fourth-order valence-electron chi connectivity index (χ4n) is 2.31. The topological polar surface area (TPSA) is 118 Å². The van der Waals surface area contributed by atoms with Gasteiger partial charge in [-0.3, -0.25) is 9.44 Å². The summed E-state index contributed by atoms with van der Waals surface area (Å²) in [5.41, 5.74) is -0.0366. The summed E-state index contributed by atoms with van der Waals surface area (Å²) in [6.07, 6.45) is 1.39. The Hall–Kier alpha value is -3.12. The summed E-state index contributed by atoms with van der Waals surface area (Å²) in [4.78, 5) is 6.78. The highest BCUT2D eigenvalue weighted by atomic mass is 32.2. The molecule has 1 aromatic heterocycles. The van der Waals surface area contributed by atoms with Crippen LogP contribution >= 0.6 is 0 Å². The second kappa shape index (κ2) is 7.72. The van der Waals surface area contributed by atoms with E-state index >= 15 is 0 Å². The number of aromatic nitrogens is 2. The first-order valence-electron chi connectivity index (χ1n) is 7.97. The summed E-state index contributed by atoms with van der Waals surface area (Å²) in [5, 5.41) is 0. The molecule has 0 aliphatic heterocycles. The second-order valence-electron chi connectivity index (χ2n) is 5.80. The van der Waals surface area contributed by atoms with Gasteiger partial charge < -0.3 is 0 Å². The van der Waals surface area contributed by atoms with Crippen molar-refractivity contribution in [1.82, 2.24) is 9.97 Å². The monoisotopic (exact) mass is 440 g/mol. The summed E-state index contributed by atoms with van der Waals surface area (Å²) in [6.45, 7) is 1.60. The highest BCUT2D eigenvalue weighted by Crippen LogP contribution is 2.22. The van der Waals surface area contributed by atoms with Crippen molar-refractivity contribution in [1.29, 1.82) is 0 Å². The van der Waals surface area contributed by atoms with Gasteiger partial charge in [0.1, 0.15) is 28.2 Å². The number of rotatable bonds is 6. The maximum Gasteiger partial charge on any atom is 0.264 e. The number of anilines is 2. The molecular weight excluding hydrogens is 426 g/mol. The van der Waals surface area contributed by atoms with E-state index in [2.05, 4.69) is 19.4 Å². The maximum atomic E-state index is 13.7. The average Bonchev–Trinajstić information content (AvgIpc) is 2.63. The number of aryl methyl sites for hydroxylation is 1. The van der Waals surface area contributed by atoms with Gasteiger partial charge in [0.2, 0.25) is 0 Å². The molecule has 2 aromatic carbocycles. The van der Waals surface area contributed by atoms with E-state index in [1.165, 1.54) is 24.4 Å². The van der Waals surface area contributed by atoms with E-state index < -0.39 is 36.6 Å². The van der Waals surface area contributed by atoms with Gasteiger partial charge in [-0.25, -0.2) is 35.6 Å². The molecule has 29 heavy (non-hydrogen) atoms. The van der Waals surface area contributed by atoms with Gasteiger partial charge in [0.25, 0.3) is 20.0 Å². The van der Waals surface area contributed by atoms with Gasteiger partial charge in [0.15, 0.2) is 0 Å². The predicted octanol–water partition coefficient (Wildman–Crippen LogP) is 2.66. The van der Waals surface area contributed by atoms with Crippen LogP contribution in [0.3, 0.4) is 0 Å². The number of benzene rings is 2. The van der Waals surface area contributed by atoms with Crippen LogP contribution in [0.1, 0.15) is 5.82 Å². The Morgan fingerprint density at radius 2 is 1.55 bits per heavy atom. The number of hydrogen-bond acceptors (Lipinski definition) is 6. The first-order chi connectivity index (χ1) is 13.6. The van der Waals surface area contributed by atoms with E-state index in [-0.39, 0.29) is 16.4 Å². The molecule has 0 aliphatic rings. The zero-order valence-electron chi connectivity index (χ0n) is 14.8. The Bertz CT molecular complexity index is 1260. The number of nitrogens with one attached hydrogen (secondary N) is 2. The van der Waals surface area contributed by atoms with E-state index in [4.69, 9.17) is 0 Å². The molecule has 0 saturated carbocycles. The molecule has 3 aromatic rings. The molecule has 0 saturated heterocycles. The van der Waals surface area contributed by atoms with Gasteiger partial charge in [-0.2, -0.15) is 0 Å². The highest BCUT2D eigenvalue weighted by Gasteiger charge is 2.21. The highest BCUT2D eigenvalue weighted by molar-refractivity contribution is 7.93.